The molecule has 1 aliphatic heterocycles. The Morgan fingerprint density at radius 3 is 2.78 bits per heavy atom. The molecular formula is C28H25FN6O2. The molecule has 9 heteroatoms. The van der Waals surface area contributed by atoms with E-state index in [4.69, 9.17) is 0 Å². The molecule has 5 rings (SSSR count). The number of fused-ring (bicyclic) bond motifs is 1. The second kappa shape index (κ2) is 9.74. The van der Waals surface area contributed by atoms with Crippen LogP contribution in [0.5, 0.6) is 0 Å². The summed E-state index contributed by atoms with van der Waals surface area (Å²) in [5.74, 6) is -1.23. The van der Waals surface area contributed by atoms with Crippen molar-refractivity contribution in [1.82, 2.24) is 19.7 Å². The quantitative estimate of drug-likeness (QED) is 0.421. The van der Waals surface area contributed by atoms with Crippen LogP contribution in [0.1, 0.15) is 61.8 Å². The monoisotopic (exact) mass is 496 g/mol. The zero-order valence-electron chi connectivity index (χ0n) is 20.5. The van der Waals surface area contributed by atoms with Crippen molar-refractivity contribution < 1.29 is 14.0 Å². The molecule has 37 heavy (non-hydrogen) atoms. The van der Waals surface area contributed by atoms with Gasteiger partial charge in [-0.15, -0.1) is 0 Å². The first kappa shape index (κ1) is 24.0. The van der Waals surface area contributed by atoms with Crippen molar-refractivity contribution >= 4 is 17.5 Å². The minimum absolute atomic E-state index is 0.0493. The van der Waals surface area contributed by atoms with Crippen molar-refractivity contribution in [2.75, 3.05) is 11.9 Å². The maximum atomic E-state index is 13.9. The van der Waals surface area contributed by atoms with Crippen LogP contribution in [0.25, 0.3) is 0 Å². The average molecular weight is 497 g/mol. The summed E-state index contributed by atoms with van der Waals surface area (Å²) in [6.45, 7) is 4.85. The molecule has 0 saturated heterocycles. The number of nitrogens with one attached hydrogen (secondary N) is 2. The van der Waals surface area contributed by atoms with Crippen LogP contribution in [0.3, 0.4) is 0 Å². The smallest absolute Gasteiger partial charge is 0.276 e. The number of carbonyl (C=O) groups excluding carboxylic acids is 2. The molecule has 1 unspecified atom stereocenters. The van der Waals surface area contributed by atoms with Gasteiger partial charge in [-0.2, -0.15) is 10.4 Å². The van der Waals surface area contributed by atoms with E-state index in [1.54, 1.807) is 40.0 Å². The van der Waals surface area contributed by atoms with Crippen LogP contribution < -0.4 is 5.32 Å². The lowest BCUT2D eigenvalue weighted by atomic mass is 9.95. The van der Waals surface area contributed by atoms with Crippen molar-refractivity contribution in [2.45, 2.75) is 32.9 Å². The molecule has 186 valence electrons. The van der Waals surface area contributed by atoms with Crippen LogP contribution in [0.15, 0.2) is 60.8 Å². The van der Waals surface area contributed by atoms with Crippen molar-refractivity contribution in [3.8, 4) is 6.07 Å². The first-order valence-corrected chi connectivity index (χ1v) is 11.9. The van der Waals surface area contributed by atoms with Crippen molar-refractivity contribution in [1.29, 1.82) is 5.26 Å². The number of benzene rings is 2. The lowest BCUT2D eigenvalue weighted by Gasteiger charge is -2.32. The number of carbonyl (C=O) groups is 2. The van der Waals surface area contributed by atoms with Gasteiger partial charge in [0.25, 0.3) is 11.8 Å². The number of hydrogen-bond acceptors (Lipinski definition) is 4. The van der Waals surface area contributed by atoms with E-state index in [0.29, 0.717) is 29.1 Å². The molecule has 1 aliphatic rings. The molecule has 1 atom stereocenters. The Morgan fingerprint density at radius 2 is 2.05 bits per heavy atom. The zero-order valence-corrected chi connectivity index (χ0v) is 20.5. The topological polar surface area (TPSA) is 107 Å². The summed E-state index contributed by atoms with van der Waals surface area (Å²) in [4.78, 5) is 31.2. The van der Waals surface area contributed by atoms with E-state index in [2.05, 4.69) is 15.4 Å². The van der Waals surface area contributed by atoms with E-state index < -0.39 is 5.82 Å². The summed E-state index contributed by atoms with van der Waals surface area (Å²) in [5, 5.41) is 16.8. The molecule has 8 nitrogen and oxygen atoms in total. The Morgan fingerprint density at radius 1 is 1.22 bits per heavy atom. The molecule has 2 aromatic carbocycles. The SMILES string of the molecule is Cc1cccc(NC(=O)c2nn(Cc3ccc(F)c(C#N)c3)c3c2CN(C(=O)c2ccc[nH]2)CC3C)c1. The largest absolute Gasteiger partial charge is 0.357 e. The number of anilines is 1. The van der Waals surface area contributed by atoms with Gasteiger partial charge >= 0.3 is 0 Å². The van der Waals surface area contributed by atoms with Gasteiger partial charge in [0, 0.05) is 35.6 Å². The van der Waals surface area contributed by atoms with Gasteiger partial charge in [-0.3, -0.25) is 14.3 Å². The van der Waals surface area contributed by atoms with Crippen LogP contribution in [0, 0.1) is 24.1 Å². The number of halogens is 1. The minimum Gasteiger partial charge on any atom is -0.357 e. The number of aromatic amines is 1. The van der Waals surface area contributed by atoms with Gasteiger partial charge in [0.1, 0.15) is 17.6 Å². The van der Waals surface area contributed by atoms with Gasteiger partial charge in [0.15, 0.2) is 5.69 Å². The molecule has 0 spiro atoms. The van der Waals surface area contributed by atoms with Gasteiger partial charge in [0.2, 0.25) is 0 Å². The fraction of sp³-hybridized carbons (Fsp3) is 0.214. The first-order chi connectivity index (χ1) is 17.8. The van der Waals surface area contributed by atoms with Gasteiger partial charge in [-0.1, -0.05) is 25.1 Å². The predicted molar refractivity (Wildman–Crippen MR) is 136 cm³/mol. The molecule has 2 amide bonds. The van der Waals surface area contributed by atoms with Gasteiger partial charge < -0.3 is 15.2 Å². The van der Waals surface area contributed by atoms with Crippen molar-refractivity contribution in [3.05, 3.63) is 106 Å². The van der Waals surface area contributed by atoms with Gasteiger partial charge in [0.05, 0.1) is 18.7 Å². The first-order valence-electron chi connectivity index (χ1n) is 11.9. The number of H-pyrrole nitrogens is 1. The van der Waals surface area contributed by atoms with E-state index >= 15 is 0 Å². The van der Waals surface area contributed by atoms with Crippen molar-refractivity contribution in [2.24, 2.45) is 0 Å². The summed E-state index contributed by atoms with van der Waals surface area (Å²) in [5.41, 5.74) is 4.51. The van der Waals surface area contributed by atoms with Crippen LogP contribution in [0.2, 0.25) is 0 Å². The van der Waals surface area contributed by atoms with Crippen LogP contribution in [0.4, 0.5) is 10.1 Å². The third-order valence-electron chi connectivity index (χ3n) is 6.49. The third kappa shape index (κ3) is 4.74. The maximum absolute atomic E-state index is 13.9. The highest BCUT2D eigenvalue weighted by atomic mass is 19.1. The highest BCUT2D eigenvalue weighted by Crippen LogP contribution is 2.32. The van der Waals surface area contributed by atoms with E-state index in [9.17, 15) is 19.2 Å². The van der Waals surface area contributed by atoms with E-state index in [-0.39, 0.29) is 42.1 Å². The fourth-order valence-electron chi connectivity index (χ4n) is 4.83. The second-order valence-electron chi connectivity index (χ2n) is 9.29. The number of hydrogen-bond donors (Lipinski definition) is 2. The van der Waals surface area contributed by atoms with Crippen LogP contribution >= 0.6 is 0 Å². The lowest BCUT2D eigenvalue weighted by molar-refractivity contribution is 0.0711. The summed E-state index contributed by atoms with van der Waals surface area (Å²) in [6.07, 6.45) is 1.70. The Kier molecular flexibility index (Phi) is 6.32. The number of aromatic nitrogens is 3. The summed E-state index contributed by atoms with van der Waals surface area (Å²) in [7, 11) is 0. The molecule has 3 heterocycles. The Balaban J connectivity index is 1.54. The normalized spacial score (nSPS) is 14.6. The van der Waals surface area contributed by atoms with E-state index in [1.165, 1.54) is 12.1 Å². The molecule has 0 saturated carbocycles. The summed E-state index contributed by atoms with van der Waals surface area (Å²) >= 11 is 0. The van der Waals surface area contributed by atoms with Crippen LogP contribution in [-0.2, 0) is 13.1 Å². The molecule has 0 bridgehead atoms. The Hall–Kier alpha value is -4.71. The fourth-order valence-corrected chi connectivity index (χ4v) is 4.83. The average Bonchev–Trinajstić information content (AvgIpc) is 3.54. The summed E-state index contributed by atoms with van der Waals surface area (Å²) in [6, 6.07) is 17.2. The lowest BCUT2D eigenvalue weighted by Crippen LogP contribution is -2.38. The van der Waals surface area contributed by atoms with E-state index in [0.717, 1.165) is 11.3 Å². The zero-order chi connectivity index (χ0) is 26.1. The molecule has 4 aromatic rings. The third-order valence-corrected chi connectivity index (χ3v) is 6.49. The Labute approximate surface area is 213 Å². The van der Waals surface area contributed by atoms with Gasteiger partial charge in [-0.05, 0) is 54.4 Å². The number of nitriles is 1. The molecule has 2 N–H and O–H groups in total. The molecular weight excluding hydrogens is 471 g/mol. The second-order valence-corrected chi connectivity index (χ2v) is 9.29. The predicted octanol–water partition coefficient (Wildman–Crippen LogP) is 4.59. The number of amides is 2. The molecule has 2 aromatic heterocycles. The minimum atomic E-state index is -0.584. The van der Waals surface area contributed by atoms with Crippen LogP contribution in [-0.4, -0.2) is 38.0 Å². The highest BCUT2D eigenvalue weighted by Gasteiger charge is 2.34. The Bertz CT molecular complexity index is 1530. The maximum Gasteiger partial charge on any atom is 0.276 e. The van der Waals surface area contributed by atoms with Crippen molar-refractivity contribution in [3.63, 3.8) is 0 Å². The standard InChI is InChI=1S/C28H25FN6O2/c1-17-5-3-6-21(11-17)32-27(36)25-22-16-34(28(37)24-7-4-10-31-24)14-18(2)26(22)35(33-25)15-19-8-9-23(29)20(12-19)13-30/h3-12,18,31H,14-16H2,1-2H3,(H,32,36). The summed E-state index contributed by atoms with van der Waals surface area (Å²) < 4.78 is 15.6. The number of aryl methyl sites for hydroxylation is 1. The van der Waals surface area contributed by atoms with E-state index in [1.807, 2.05) is 38.1 Å². The molecule has 0 radical (unpaired) electrons. The highest BCUT2D eigenvalue weighted by molar-refractivity contribution is 6.04. The molecule has 0 fully saturated rings. The number of nitrogens with zero attached hydrogens (tertiary/aromatic N) is 4. The molecule has 0 aliphatic carbocycles. The number of rotatable bonds is 5. The van der Waals surface area contributed by atoms with Gasteiger partial charge in [-0.25, -0.2) is 4.39 Å².